The second-order valence-corrected chi connectivity index (χ2v) is 3.96. The molecule has 0 aliphatic heterocycles. The first-order chi connectivity index (χ1) is 8.33. The van der Waals surface area contributed by atoms with E-state index in [0.717, 1.165) is 24.0 Å². The highest BCUT2D eigenvalue weighted by Gasteiger charge is 2.25. The van der Waals surface area contributed by atoms with E-state index in [1.165, 1.54) is 0 Å². The third-order valence-electron chi connectivity index (χ3n) is 2.84. The van der Waals surface area contributed by atoms with Gasteiger partial charge in [0.05, 0.1) is 0 Å². The topological polar surface area (TPSA) is 52.3 Å². The molecule has 17 heavy (non-hydrogen) atoms. The Morgan fingerprint density at radius 2 is 2.00 bits per heavy atom. The molecule has 0 spiro atoms. The monoisotopic (exact) mass is 229 g/mol. The van der Waals surface area contributed by atoms with E-state index in [-0.39, 0.29) is 0 Å². The van der Waals surface area contributed by atoms with Crippen LogP contribution in [-0.2, 0) is 9.63 Å². The van der Waals surface area contributed by atoms with Gasteiger partial charge in [0.2, 0.25) is 0 Å². The van der Waals surface area contributed by atoms with Crippen LogP contribution in [0.4, 0.5) is 0 Å². The van der Waals surface area contributed by atoms with E-state index < -0.39 is 11.9 Å². The summed E-state index contributed by atoms with van der Waals surface area (Å²) in [6.45, 7) is 0. The quantitative estimate of drug-likeness (QED) is 0.810. The smallest absolute Gasteiger partial charge is 0.336 e. The van der Waals surface area contributed by atoms with Gasteiger partial charge in [0, 0.05) is 0 Å². The van der Waals surface area contributed by atoms with Crippen LogP contribution >= 0.6 is 0 Å². The van der Waals surface area contributed by atoms with Gasteiger partial charge in [-0.3, -0.25) is 0 Å². The molecule has 1 atom stereocenters. The van der Waals surface area contributed by atoms with E-state index in [9.17, 15) is 4.79 Å². The van der Waals surface area contributed by atoms with Crippen LogP contribution in [0.3, 0.4) is 0 Å². The van der Waals surface area contributed by atoms with Gasteiger partial charge in [-0.05, 0) is 24.0 Å². The second-order valence-electron chi connectivity index (χ2n) is 3.96. The van der Waals surface area contributed by atoms with Crippen LogP contribution in [0, 0.1) is 0 Å². The molecule has 0 aromatic heterocycles. The van der Waals surface area contributed by atoms with E-state index in [0.29, 0.717) is 0 Å². The van der Waals surface area contributed by atoms with Gasteiger partial charge in [0.1, 0.15) is 5.92 Å². The van der Waals surface area contributed by atoms with Gasteiger partial charge < -0.3 is 4.84 Å². The van der Waals surface area contributed by atoms with Crippen molar-refractivity contribution in [3.63, 3.8) is 0 Å². The number of rotatable bonds is 3. The van der Waals surface area contributed by atoms with Gasteiger partial charge in [-0.25, -0.2) is 4.79 Å². The van der Waals surface area contributed by atoms with Gasteiger partial charge >= 0.3 is 5.97 Å². The molecule has 88 valence electrons. The van der Waals surface area contributed by atoms with Crippen molar-refractivity contribution in [2.24, 2.45) is 5.90 Å². The summed E-state index contributed by atoms with van der Waals surface area (Å²) in [7, 11) is 0. The zero-order valence-corrected chi connectivity index (χ0v) is 9.50. The number of carbonyl (C=O) groups excluding carboxylic acids is 1. The molecule has 3 heteroatoms. The third kappa shape index (κ3) is 2.63. The standard InChI is InChI=1S/C14H15NO2/c15-17-14(16)13(11-7-3-1-4-8-11)12-9-5-2-6-10-12/h1,3-5,7-10,13H,2,6,15H2. The van der Waals surface area contributed by atoms with Gasteiger partial charge in [0.15, 0.2) is 0 Å². The summed E-state index contributed by atoms with van der Waals surface area (Å²) in [5, 5.41) is 0. The molecule has 1 aliphatic carbocycles. The fourth-order valence-electron chi connectivity index (χ4n) is 2.03. The molecule has 0 fully saturated rings. The fraction of sp³-hybridized carbons (Fsp3) is 0.214. The molecular formula is C14H15NO2. The number of nitrogens with two attached hydrogens (primary N) is 1. The number of hydrogen-bond acceptors (Lipinski definition) is 3. The molecule has 0 saturated carbocycles. The van der Waals surface area contributed by atoms with Crippen molar-refractivity contribution in [1.82, 2.24) is 0 Å². The van der Waals surface area contributed by atoms with Crippen molar-refractivity contribution in [3.8, 4) is 0 Å². The molecule has 0 saturated heterocycles. The van der Waals surface area contributed by atoms with E-state index >= 15 is 0 Å². The lowest BCUT2D eigenvalue weighted by atomic mass is 9.88. The van der Waals surface area contributed by atoms with Crippen LogP contribution in [0.2, 0.25) is 0 Å². The maximum atomic E-state index is 11.8. The van der Waals surface area contributed by atoms with Crippen molar-refractivity contribution in [3.05, 3.63) is 59.7 Å². The van der Waals surface area contributed by atoms with E-state index in [1.54, 1.807) is 0 Å². The predicted molar refractivity (Wildman–Crippen MR) is 65.9 cm³/mol. The Morgan fingerprint density at radius 3 is 2.59 bits per heavy atom. The molecule has 0 amide bonds. The SMILES string of the molecule is NOC(=O)C(C1=CCCC=C1)c1ccccc1. The Hall–Kier alpha value is -1.87. The first kappa shape index (κ1) is 11.6. The zero-order chi connectivity index (χ0) is 12.1. The van der Waals surface area contributed by atoms with Gasteiger partial charge in [-0.2, -0.15) is 5.90 Å². The molecule has 1 unspecified atom stereocenters. The lowest BCUT2D eigenvalue weighted by Crippen LogP contribution is -2.21. The maximum Gasteiger partial charge on any atom is 0.336 e. The summed E-state index contributed by atoms with van der Waals surface area (Å²) in [5.74, 6) is 4.18. The number of allylic oxidation sites excluding steroid dienone is 3. The summed E-state index contributed by atoms with van der Waals surface area (Å²) < 4.78 is 0. The lowest BCUT2D eigenvalue weighted by molar-refractivity contribution is -0.145. The predicted octanol–water partition coefficient (Wildman–Crippen LogP) is 2.46. The van der Waals surface area contributed by atoms with Crippen molar-refractivity contribution in [1.29, 1.82) is 0 Å². The Labute approximate surface area is 101 Å². The first-order valence-corrected chi connectivity index (χ1v) is 5.65. The molecule has 1 aromatic carbocycles. The molecular weight excluding hydrogens is 214 g/mol. The molecule has 0 radical (unpaired) electrons. The number of benzene rings is 1. The van der Waals surface area contributed by atoms with Crippen molar-refractivity contribution >= 4 is 5.97 Å². The summed E-state index contributed by atoms with van der Waals surface area (Å²) >= 11 is 0. The molecule has 0 heterocycles. The average molecular weight is 229 g/mol. The van der Waals surface area contributed by atoms with Crippen LogP contribution in [0.25, 0.3) is 0 Å². The Kier molecular flexibility index (Phi) is 3.73. The van der Waals surface area contributed by atoms with Gasteiger partial charge in [-0.15, -0.1) is 0 Å². The van der Waals surface area contributed by atoms with Crippen LogP contribution < -0.4 is 5.90 Å². The number of hydrogen-bond donors (Lipinski definition) is 1. The minimum absolute atomic E-state index is 0.419. The first-order valence-electron chi connectivity index (χ1n) is 5.65. The summed E-state index contributed by atoms with van der Waals surface area (Å²) in [5.41, 5.74) is 1.86. The third-order valence-corrected chi connectivity index (χ3v) is 2.84. The highest BCUT2D eigenvalue weighted by Crippen LogP contribution is 2.29. The molecule has 1 aromatic rings. The highest BCUT2D eigenvalue weighted by atomic mass is 16.7. The Morgan fingerprint density at radius 1 is 1.24 bits per heavy atom. The van der Waals surface area contributed by atoms with Crippen LogP contribution in [0.1, 0.15) is 24.3 Å². The van der Waals surface area contributed by atoms with Crippen LogP contribution in [-0.4, -0.2) is 5.97 Å². The van der Waals surface area contributed by atoms with Crippen LogP contribution in [0.15, 0.2) is 54.1 Å². The molecule has 2 N–H and O–H groups in total. The minimum Gasteiger partial charge on any atom is -0.373 e. The normalized spacial score (nSPS) is 16.2. The van der Waals surface area contributed by atoms with Crippen molar-refractivity contribution in [2.75, 3.05) is 0 Å². The van der Waals surface area contributed by atoms with Gasteiger partial charge in [-0.1, -0.05) is 48.6 Å². The Bertz CT molecular complexity index is 449. The van der Waals surface area contributed by atoms with E-state index in [1.807, 2.05) is 36.4 Å². The summed E-state index contributed by atoms with van der Waals surface area (Å²) in [4.78, 5) is 16.2. The lowest BCUT2D eigenvalue weighted by Gasteiger charge is -2.17. The van der Waals surface area contributed by atoms with E-state index in [4.69, 9.17) is 5.90 Å². The molecule has 1 aliphatic rings. The fourth-order valence-corrected chi connectivity index (χ4v) is 2.03. The summed E-state index contributed by atoms with van der Waals surface area (Å²) in [6, 6.07) is 9.54. The zero-order valence-electron chi connectivity index (χ0n) is 9.50. The minimum atomic E-state index is -0.422. The second kappa shape index (κ2) is 5.46. The molecule has 3 nitrogen and oxygen atoms in total. The maximum absolute atomic E-state index is 11.8. The van der Waals surface area contributed by atoms with Crippen LogP contribution in [0.5, 0.6) is 0 Å². The Balaban J connectivity index is 2.35. The molecule has 0 bridgehead atoms. The van der Waals surface area contributed by atoms with Crippen molar-refractivity contribution in [2.45, 2.75) is 18.8 Å². The molecule has 2 rings (SSSR count). The van der Waals surface area contributed by atoms with Crippen molar-refractivity contribution < 1.29 is 9.63 Å². The van der Waals surface area contributed by atoms with E-state index in [2.05, 4.69) is 17.0 Å². The summed E-state index contributed by atoms with van der Waals surface area (Å²) in [6.07, 6.45) is 8.07. The highest BCUT2D eigenvalue weighted by molar-refractivity contribution is 5.82. The van der Waals surface area contributed by atoms with Gasteiger partial charge in [0.25, 0.3) is 0 Å². The number of carbonyl (C=O) groups is 1. The average Bonchev–Trinajstić information content (AvgIpc) is 2.41. The largest absolute Gasteiger partial charge is 0.373 e.